The zero-order valence-electron chi connectivity index (χ0n) is 18.8. The minimum atomic E-state index is 0.522. The van der Waals surface area contributed by atoms with Gasteiger partial charge >= 0.3 is 0 Å². The first-order valence-corrected chi connectivity index (χ1v) is 12.4. The average Bonchev–Trinajstić information content (AvgIpc) is 3.02. The Morgan fingerprint density at radius 2 is 1.65 bits per heavy atom. The quantitative estimate of drug-likeness (QED) is 0.344. The topological polar surface area (TPSA) is 0 Å². The highest BCUT2D eigenvalue weighted by molar-refractivity contribution is 7.80. The van der Waals surface area contributed by atoms with Crippen molar-refractivity contribution in [1.29, 1.82) is 0 Å². The van der Waals surface area contributed by atoms with Crippen LogP contribution < -0.4 is 0 Å². The van der Waals surface area contributed by atoms with Crippen molar-refractivity contribution >= 4 is 12.6 Å². The molecule has 7 atom stereocenters. The second-order valence-electron chi connectivity index (χ2n) is 9.38. The molecule has 0 nitrogen and oxygen atoms in total. The van der Waals surface area contributed by atoms with E-state index >= 15 is 0 Å². The zero-order valence-corrected chi connectivity index (χ0v) is 19.7. The molecule has 26 heavy (non-hydrogen) atoms. The summed E-state index contributed by atoms with van der Waals surface area (Å²) < 4.78 is 0. The lowest BCUT2D eigenvalue weighted by atomic mass is 9.47. The standard InChI is InChI=1S/C21H34S.2C2H6/c1-4-14-6-8-18-17-7-5-15-13-16(22)9-11-21(15,3)19(17)10-12-20(14,18)2;2*1-2/h5,14,16-19,22H,4,6-13H2,1-3H3;2*1-2H3. The molecule has 0 spiro atoms. The summed E-state index contributed by atoms with van der Waals surface area (Å²) in [6, 6.07) is 0. The second-order valence-corrected chi connectivity index (χ2v) is 10.1. The Morgan fingerprint density at radius 3 is 2.31 bits per heavy atom. The van der Waals surface area contributed by atoms with Crippen LogP contribution in [0.25, 0.3) is 0 Å². The molecular formula is C25H46S. The second kappa shape index (κ2) is 9.06. The van der Waals surface area contributed by atoms with Crippen LogP contribution in [0.1, 0.15) is 106 Å². The Labute approximate surface area is 170 Å². The van der Waals surface area contributed by atoms with E-state index in [0.29, 0.717) is 16.1 Å². The Hall–Kier alpha value is 0.0900. The maximum Gasteiger partial charge on any atom is 0.00545 e. The van der Waals surface area contributed by atoms with Crippen molar-refractivity contribution in [2.45, 2.75) is 112 Å². The molecule has 0 heterocycles. The van der Waals surface area contributed by atoms with Gasteiger partial charge in [0.05, 0.1) is 0 Å². The monoisotopic (exact) mass is 378 g/mol. The van der Waals surface area contributed by atoms with Crippen LogP contribution in [0.3, 0.4) is 0 Å². The molecule has 4 aliphatic carbocycles. The van der Waals surface area contributed by atoms with Gasteiger partial charge in [0.15, 0.2) is 0 Å². The van der Waals surface area contributed by atoms with Crippen molar-refractivity contribution in [1.82, 2.24) is 0 Å². The molecule has 0 radical (unpaired) electrons. The third-order valence-corrected chi connectivity index (χ3v) is 9.21. The Balaban J connectivity index is 0.000000570. The molecule has 7 unspecified atom stereocenters. The van der Waals surface area contributed by atoms with Crippen LogP contribution in [0.2, 0.25) is 0 Å². The molecule has 0 bridgehead atoms. The minimum Gasteiger partial charge on any atom is -0.176 e. The van der Waals surface area contributed by atoms with Crippen LogP contribution in [0.5, 0.6) is 0 Å². The zero-order chi connectivity index (χ0) is 19.5. The molecule has 4 aliphatic rings. The van der Waals surface area contributed by atoms with Gasteiger partial charge in [0.1, 0.15) is 0 Å². The first-order valence-electron chi connectivity index (χ1n) is 11.9. The molecule has 1 heteroatoms. The van der Waals surface area contributed by atoms with E-state index in [0.717, 1.165) is 23.7 Å². The van der Waals surface area contributed by atoms with Gasteiger partial charge in [-0.1, -0.05) is 66.5 Å². The Bertz CT molecular complexity index is 481. The molecule has 4 rings (SSSR count). The number of hydrogen-bond donors (Lipinski definition) is 1. The van der Waals surface area contributed by atoms with Crippen LogP contribution in [-0.4, -0.2) is 5.25 Å². The SMILES string of the molecule is CC.CC.CCC1CCC2C3CC=C4CC(S)CCC4(C)C3CCC12C. The summed E-state index contributed by atoms with van der Waals surface area (Å²) in [6.07, 6.45) is 15.5. The van der Waals surface area contributed by atoms with E-state index in [1.807, 2.05) is 27.7 Å². The van der Waals surface area contributed by atoms with Gasteiger partial charge in [0, 0.05) is 5.25 Å². The molecule has 3 fully saturated rings. The van der Waals surface area contributed by atoms with E-state index in [-0.39, 0.29) is 0 Å². The Morgan fingerprint density at radius 1 is 0.962 bits per heavy atom. The lowest BCUT2D eigenvalue weighted by Gasteiger charge is -2.58. The van der Waals surface area contributed by atoms with Crippen LogP contribution in [0.15, 0.2) is 11.6 Å². The summed E-state index contributed by atoms with van der Waals surface area (Å²) in [5.74, 6) is 3.98. The van der Waals surface area contributed by atoms with Gasteiger partial charge in [0.2, 0.25) is 0 Å². The third-order valence-electron chi connectivity index (χ3n) is 8.77. The van der Waals surface area contributed by atoms with E-state index in [2.05, 4.69) is 26.8 Å². The first-order chi connectivity index (χ1) is 12.5. The van der Waals surface area contributed by atoms with E-state index in [1.54, 1.807) is 5.57 Å². The molecule has 0 amide bonds. The largest absolute Gasteiger partial charge is 0.176 e. The van der Waals surface area contributed by atoms with Crippen LogP contribution >= 0.6 is 12.6 Å². The van der Waals surface area contributed by atoms with E-state index in [1.165, 1.54) is 57.8 Å². The highest BCUT2D eigenvalue weighted by Crippen LogP contribution is 2.66. The van der Waals surface area contributed by atoms with Crippen molar-refractivity contribution < 1.29 is 0 Å². The van der Waals surface area contributed by atoms with Gasteiger partial charge in [-0.3, -0.25) is 0 Å². The van der Waals surface area contributed by atoms with Gasteiger partial charge in [0.25, 0.3) is 0 Å². The van der Waals surface area contributed by atoms with Crippen LogP contribution in [0, 0.1) is 34.5 Å². The highest BCUT2D eigenvalue weighted by Gasteiger charge is 2.57. The van der Waals surface area contributed by atoms with Crippen molar-refractivity contribution in [2.24, 2.45) is 34.5 Å². The predicted molar refractivity (Wildman–Crippen MR) is 121 cm³/mol. The summed E-state index contributed by atoms with van der Waals surface area (Å²) in [5, 5.41) is 0.626. The minimum absolute atomic E-state index is 0.522. The van der Waals surface area contributed by atoms with Gasteiger partial charge in [-0.2, -0.15) is 12.6 Å². The van der Waals surface area contributed by atoms with Gasteiger partial charge in [-0.15, -0.1) is 0 Å². The number of thiol groups is 1. The maximum atomic E-state index is 4.79. The van der Waals surface area contributed by atoms with Gasteiger partial charge in [-0.25, -0.2) is 0 Å². The van der Waals surface area contributed by atoms with Crippen molar-refractivity contribution in [2.75, 3.05) is 0 Å². The average molecular weight is 379 g/mol. The van der Waals surface area contributed by atoms with Gasteiger partial charge < -0.3 is 0 Å². The van der Waals surface area contributed by atoms with Crippen molar-refractivity contribution in [3.63, 3.8) is 0 Å². The molecule has 0 aromatic carbocycles. The summed E-state index contributed by atoms with van der Waals surface area (Å²) in [7, 11) is 0. The molecule has 0 N–H and O–H groups in total. The number of hydrogen-bond acceptors (Lipinski definition) is 1. The third kappa shape index (κ3) is 3.56. The van der Waals surface area contributed by atoms with Crippen molar-refractivity contribution in [3.8, 4) is 0 Å². The predicted octanol–water partition coefficient (Wildman–Crippen LogP) is 8.33. The lowest BCUT2D eigenvalue weighted by Crippen LogP contribution is -2.50. The molecule has 0 aromatic rings. The molecular weight excluding hydrogens is 332 g/mol. The summed E-state index contributed by atoms with van der Waals surface area (Å²) in [4.78, 5) is 0. The number of rotatable bonds is 1. The molecule has 0 aromatic heterocycles. The number of allylic oxidation sites excluding steroid dienone is 2. The highest BCUT2D eigenvalue weighted by atomic mass is 32.1. The molecule has 152 valence electrons. The van der Waals surface area contributed by atoms with Crippen molar-refractivity contribution in [3.05, 3.63) is 11.6 Å². The van der Waals surface area contributed by atoms with E-state index in [4.69, 9.17) is 12.6 Å². The maximum absolute atomic E-state index is 4.79. The molecule has 3 saturated carbocycles. The lowest BCUT2D eigenvalue weighted by molar-refractivity contribution is -0.0411. The summed E-state index contributed by atoms with van der Waals surface area (Å²) >= 11 is 4.79. The number of fused-ring (bicyclic) bond motifs is 5. The van der Waals surface area contributed by atoms with E-state index < -0.39 is 0 Å². The van der Waals surface area contributed by atoms with Gasteiger partial charge in [-0.05, 0) is 85.9 Å². The Kier molecular flexibility index (Phi) is 7.80. The van der Waals surface area contributed by atoms with Crippen LogP contribution in [0.4, 0.5) is 0 Å². The fourth-order valence-electron chi connectivity index (χ4n) is 7.42. The molecule has 0 aliphatic heterocycles. The summed E-state index contributed by atoms with van der Waals surface area (Å²) in [6.45, 7) is 15.7. The summed E-state index contributed by atoms with van der Waals surface area (Å²) in [5.41, 5.74) is 2.97. The smallest absolute Gasteiger partial charge is 0.00545 e. The first kappa shape index (κ1) is 22.4. The van der Waals surface area contributed by atoms with Crippen LogP contribution in [-0.2, 0) is 0 Å². The fraction of sp³-hybridized carbons (Fsp3) is 0.920. The normalized spacial score (nSPS) is 46.3. The fourth-order valence-corrected chi connectivity index (χ4v) is 7.75. The molecule has 0 saturated heterocycles. The van der Waals surface area contributed by atoms with E-state index in [9.17, 15) is 0 Å².